The highest BCUT2D eigenvalue weighted by Gasteiger charge is 2.15. The van der Waals surface area contributed by atoms with Crippen molar-refractivity contribution in [3.63, 3.8) is 0 Å². The Morgan fingerprint density at radius 2 is 0.708 bits per heavy atom. The molecular weight excluding hydrogens is 581 g/mol. The largest absolute Gasteiger partial charge is 0.314 e. The summed E-state index contributed by atoms with van der Waals surface area (Å²) < 4.78 is 2.36. The summed E-state index contributed by atoms with van der Waals surface area (Å²) in [5.41, 5.74) is 15.6. The van der Waals surface area contributed by atoms with Crippen LogP contribution in [-0.2, 0) is 0 Å². The fourth-order valence-corrected chi connectivity index (χ4v) is 6.78. The van der Waals surface area contributed by atoms with Crippen molar-refractivity contribution in [1.29, 1.82) is 0 Å². The Labute approximate surface area is 282 Å². The minimum Gasteiger partial charge on any atom is -0.314 e. The van der Waals surface area contributed by atoms with Crippen LogP contribution < -0.4 is 4.90 Å². The third-order valence-electron chi connectivity index (χ3n) is 9.48. The lowest BCUT2D eigenvalue weighted by Crippen LogP contribution is -2.09. The van der Waals surface area contributed by atoms with Crippen molar-refractivity contribution < 1.29 is 0 Å². The normalized spacial score (nSPS) is 11.1. The first-order valence-corrected chi connectivity index (χ1v) is 16.5. The number of hydrogen-bond acceptors (Lipinski definition) is 1. The topological polar surface area (TPSA) is 8.17 Å². The Morgan fingerprint density at radius 1 is 0.354 bits per heavy atom. The van der Waals surface area contributed by atoms with E-state index in [0.29, 0.717) is 0 Å². The van der Waals surface area contributed by atoms with Crippen LogP contribution in [0, 0.1) is 13.8 Å². The molecule has 2 nitrogen and oxygen atoms in total. The molecule has 8 rings (SSSR count). The quantitative estimate of drug-likeness (QED) is 0.173. The summed E-state index contributed by atoms with van der Waals surface area (Å²) in [5, 5.41) is 1.31. The van der Waals surface area contributed by atoms with E-state index in [-0.39, 0.29) is 0 Å². The lowest BCUT2D eigenvalue weighted by Gasteiger charge is -2.26. The maximum atomic E-state index is 2.36. The molecule has 230 valence electrons. The molecule has 0 N–H and O–H groups in total. The van der Waals surface area contributed by atoms with Gasteiger partial charge in [0, 0.05) is 33.8 Å². The Hall–Kier alpha value is -6.12. The fourth-order valence-electron chi connectivity index (χ4n) is 6.78. The van der Waals surface area contributed by atoms with Crippen molar-refractivity contribution in [2.24, 2.45) is 0 Å². The van der Waals surface area contributed by atoms with Crippen molar-refractivity contribution in [3.8, 4) is 39.1 Å². The molecule has 0 fully saturated rings. The molecule has 0 saturated heterocycles. The first-order valence-electron chi connectivity index (χ1n) is 16.5. The van der Waals surface area contributed by atoms with Gasteiger partial charge in [-0.05, 0) is 107 Å². The van der Waals surface area contributed by atoms with Gasteiger partial charge in [-0.15, -0.1) is 0 Å². The van der Waals surface area contributed by atoms with Gasteiger partial charge in [0.05, 0.1) is 5.52 Å². The van der Waals surface area contributed by atoms with Crippen molar-refractivity contribution in [3.05, 3.63) is 193 Å². The van der Waals surface area contributed by atoms with E-state index in [2.05, 4.69) is 205 Å². The number of anilines is 3. The number of fused-ring (bicyclic) bond motifs is 1. The maximum Gasteiger partial charge on any atom is 0.0534 e. The Morgan fingerprint density at radius 3 is 1.15 bits per heavy atom. The Kier molecular flexibility index (Phi) is 7.68. The van der Waals surface area contributed by atoms with E-state index in [9.17, 15) is 0 Å². The molecular formula is C46H36N2. The molecule has 2 heteroatoms. The summed E-state index contributed by atoms with van der Waals surface area (Å²) in [6.45, 7) is 4.42. The Bertz CT molecular complexity index is 2210. The molecule has 0 saturated carbocycles. The van der Waals surface area contributed by atoms with E-state index < -0.39 is 0 Å². The standard InChI is InChI=1S/C46H36N2/c1-33-34(2)47(46-16-10-9-15-45(33)46)41-25-17-39(18-26-41)40-23-31-44(32-24-40)48(42-27-19-37(20-28-42)35-11-5-3-6-12-35)43-29-21-38(22-30-43)36-13-7-4-8-14-36/h3-32H,1-2H3. The van der Waals surface area contributed by atoms with Crippen LogP contribution in [0.4, 0.5) is 17.1 Å². The van der Waals surface area contributed by atoms with Crippen LogP contribution in [0.15, 0.2) is 182 Å². The monoisotopic (exact) mass is 616 g/mol. The van der Waals surface area contributed by atoms with Gasteiger partial charge in [-0.25, -0.2) is 0 Å². The van der Waals surface area contributed by atoms with Gasteiger partial charge >= 0.3 is 0 Å². The van der Waals surface area contributed by atoms with E-state index in [4.69, 9.17) is 0 Å². The molecule has 1 heterocycles. The van der Waals surface area contributed by atoms with Crippen LogP contribution >= 0.6 is 0 Å². The molecule has 0 amide bonds. The Balaban J connectivity index is 1.12. The van der Waals surface area contributed by atoms with Crippen LogP contribution in [-0.4, -0.2) is 4.57 Å². The maximum absolute atomic E-state index is 2.36. The van der Waals surface area contributed by atoms with Gasteiger partial charge < -0.3 is 9.47 Å². The van der Waals surface area contributed by atoms with Gasteiger partial charge in [-0.1, -0.05) is 127 Å². The van der Waals surface area contributed by atoms with E-state index >= 15 is 0 Å². The van der Waals surface area contributed by atoms with Gasteiger partial charge in [-0.2, -0.15) is 0 Å². The molecule has 0 radical (unpaired) electrons. The number of benzene rings is 7. The van der Waals surface area contributed by atoms with Gasteiger partial charge in [0.15, 0.2) is 0 Å². The molecule has 8 aromatic rings. The zero-order valence-electron chi connectivity index (χ0n) is 27.2. The van der Waals surface area contributed by atoms with E-state index in [0.717, 1.165) is 17.1 Å². The lowest BCUT2D eigenvalue weighted by atomic mass is 10.0. The lowest BCUT2D eigenvalue weighted by molar-refractivity contribution is 1.04. The van der Waals surface area contributed by atoms with Crippen molar-refractivity contribution >= 4 is 28.0 Å². The number of hydrogen-bond donors (Lipinski definition) is 0. The summed E-state index contributed by atoms with van der Waals surface area (Å²) in [5.74, 6) is 0. The predicted octanol–water partition coefficient (Wildman–Crippen LogP) is 12.7. The van der Waals surface area contributed by atoms with E-state index in [1.165, 1.54) is 61.2 Å². The second-order valence-corrected chi connectivity index (χ2v) is 12.3. The van der Waals surface area contributed by atoms with Crippen LogP contribution in [0.2, 0.25) is 0 Å². The molecule has 7 aromatic carbocycles. The molecule has 48 heavy (non-hydrogen) atoms. The highest BCUT2D eigenvalue weighted by Crippen LogP contribution is 2.38. The van der Waals surface area contributed by atoms with E-state index in [1.807, 2.05) is 0 Å². The van der Waals surface area contributed by atoms with Gasteiger partial charge in [0.2, 0.25) is 0 Å². The number of nitrogens with zero attached hydrogens (tertiary/aromatic N) is 2. The summed E-state index contributed by atoms with van der Waals surface area (Å²) in [6, 6.07) is 65.3. The smallest absolute Gasteiger partial charge is 0.0534 e. The minimum absolute atomic E-state index is 1.11. The minimum atomic E-state index is 1.11. The molecule has 0 aliphatic carbocycles. The second-order valence-electron chi connectivity index (χ2n) is 12.3. The summed E-state index contributed by atoms with van der Waals surface area (Å²) in [6.07, 6.45) is 0. The van der Waals surface area contributed by atoms with Crippen LogP contribution in [0.25, 0.3) is 50.0 Å². The van der Waals surface area contributed by atoms with Crippen molar-refractivity contribution in [2.45, 2.75) is 13.8 Å². The van der Waals surface area contributed by atoms with Crippen LogP contribution in [0.1, 0.15) is 11.3 Å². The van der Waals surface area contributed by atoms with Crippen molar-refractivity contribution in [2.75, 3.05) is 4.90 Å². The van der Waals surface area contributed by atoms with Gasteiger partial charge in [-0.3, -0.25) is 0 Å². The fraction of sp³-hybridized carbons (Fsp3) is 0.0435. The van der Waals surface area contributed by atoms with Crippen molar-refractivity contribution in [1.82, 2.24) is 4.57 Å². The highest BCUT2D eigenvalue weighted by molar-refractivity contribution is 5.87. The van der Waals surface area contributed by atoms with Crippen LogP contribution in [0.5, 0.6) is 0 Å². The molecule has 0 aliphatic heterocycles. The zero-order valence-corrected chi connectivity index (χ0v) is 27.2. The predicted molar refractivity (Wildman–Crippen MR) is 204 cm³/mol. The number of para-hydroxylation sites is 1. The molecule has 0 bridgehead atoms. The first kappa shape index (κ1) is 29.3. The number of aromatic nitrogens is 1. The molecule has 0 aliphatic rings. The molecule has 0 spiro atoms. The number of rotatable bonds is 7. The highest BCUT2D eigenvalue weighted by atomic mass is 15.1. The first-order chi connectivity index (χ1) is 23.6. The third-order valence-corrected chi connectivity index (χ3v) is 9.48. The SMILES string of the molecule is Cc1c(C)n(-c2ccc(-c3ccc(N(c4ccc(-c5ccccc5)cc4)c4ccc(-c5ccccc5)cc4)cc3)cc2)c2ccccc12. The molecule has 0 atom stereocenters. The zero-order chi connectivity index (χ0) is 32.5. The molecule has 0 unspecified atom stereocenters. The second kappa shape index (κ2) is 12.6. The van der Waals surface area contributed by atoms with E-state index in [1.54, 1.807) is 0 Å². The molecule has 1 aromatic heterocycles. The summed E-state index contributed by atoms with van der Waals surface area (Å²) in [7, 11) is 0. The third kappa shape index (κ3) is 5.48. The van der Waals surface area contributed by atoms with Gasteiger partial charge in [0.1, 0.15) is 0 Å². The summed E-state index contributed by atoms with van der Waals surface area (Å²) >= 11 is 0. The average molecular weight is 617 g/mol. The van der Waals surface area contributed by atoms with Crippen LogP contribution in [0.3, 0.4) is 0 Å². The summed E-state index contributed by atoms with van der Waals surface area (Å²) in [4.78, 5) is 2.33. The van der Waals surface area contributed by atoms with Gasteiger partial charge in [0.25, 0.3) is 0 Å². The number of aryl methyl sites for hydroxylation is 1. The average Bonchev–Trinajstić information content (AvgIpc) is 3.42.